The van der Waals surface area contributed by atoms with Crippen LogP contribution in [0.5, 0.6) is 0 Å². The maximum absolute atomic E-state index is 12.5. The molecule has 26 heavy (non-hydrogen) atoms. The number of rotatable bonds is 8. The van der Waals surface area contributed by atoms with Crippen molar-refractivity contribution in [3.8, 4) is 0 Å². The van der Waals surface area contributed by atoms with E-state index in [1.54, 1.807) is 11.8 Å². The highest BCUT2D eigenvalue weighted by Gasteiger charge is 2.47. The van der Waals surface area contributed by atoms with Crippen LogP contribution < -0.4 is 0 Å². The van der Waals surface area contributed by atoms with Gasteiger partial charge in [-0.2, -0.15) is 0 Å². The first kappa shape index (κ1) is 21.4. The average molecular weight is 386 g/mol. The van der Waals surface area contributed by atoms with Gasteiger partial charge < -0.3 is 19.4 Å². The van der Waals surface area contributed by atoms with Crippen LogP contribution in [-0.4, -0.2) is 89.6 Å². The van der Waals surface area contributed by atoms with Crippen LogP contribution in [0.3, 0.4) is 0 Å². The summed E-state index contributed by atoms with van der Waals surface area (Å²) in [6.07, 6.45) is 1.29. The molecule has 1 spiro atoms. The van der Waals surface area contributed by atoms with Crippen LogP contribution in [0.1, 0.15) is 40.5 Å². The van der Waals surface area contributed by atoms with Gasteiger partial charge >= 0.3 is 6.09 Å². The Morgan fingerprint density at radius 3 is 2.54 bits per heavy atom. The number of nitrogens with zero attached hydrogens (tertiary/aromatic N) is 3. The minimum atomic E-state index is -0.397. The molecule has 1 atom stereocenters. The zero-order chi connectivity index (χ0) is 19.3. The summed E-state index contributed by atoms with van der Waals surface area (Å²) in [7, 11) is 2.09. The summed E-state index contributed by atoms with van der Waals surface area (Å²) in [6.45, 7) is 13.1. The van der Waals surface area contributed by atoms with E-state index in [0.717, 1.165) is 31.7 Å². The summed E-state index contributed by atoms with van der Waals surface area (Å²) in [4.78, 5) is 30.8. The molecular weight excluding hydrogens is 350 g/mol. The van der Waals surface area contributed by atoms with Gasteiger partial charge in [0.05, 0.1) is 11.8 Å². The lowest BCUT2D eigenvalue weighted by Gasteiger charge is -2.38. The van der Waals surface area contributed by atoms with Crippen molar-refractivity contribution in [3.05, 3.63) is 0 Å². The van der Waals surface area contributed by atoms with E-state index in [4.69, 9.17) is 4.74 Å². The molecule has 150 valence electrons. The van der Waals surface area contributed by atoms with E-state index >= 15 is 0 Å². The molecule has 2 rings (SSSR count). The van der Waals surface area contributed by atoms with Crippen molar-refractivity contribution in [3.63, 3.8) is 0 Å². The van der Waals surface area contributed by atoms with Crippen molar-refractivity contribution in [2.45, 2.75) is 51.4 Å². The van der Waals surface area contributed by atoms with Crippen LogP contribution in [0.4, 0.5) is 4.79 Å². The highest BCUT2D eigenvalue weighted by Crippen LogP contribution is 2.33. The average Bonchev–Trinajstić information content (AvgIpc) is 2.88. The Morgan fingerprint density at radius 1 is 1.31 bits per heavy atom. The third-order valence-corrected chi connectivity index (χ3v) is 6.26. The fourth-order valence-corrected chi connectivity index (χ4v) is 4.64. The van der Waals surface area contributed by atoms with Gasteiger partial charge in [-0.25, -0.2) is 4.79 Å². The number of amides is 2. The molecule has 2 aliphatic heterocycles. The first-order chi connectivity index (χ1) is 12.3. The molecule has 0 aromatic rings. The van der Waals surface area contributed by atoms with Gasteiger partial charge in [0.15, 0.2) is 0 Å². The van der Waals surface area contributed by atoms with E-state index in [1.165, 1.54) is 0 Å². The zero-order valence-corrected chi connectivity index (χ0v) is 17.8. The second-order valence-electron chi connectivity index (χ2n) is 8.05. The van der Waals surface area contributed by atoms with Gasteiger partial charge in [0.25, 0.3) is 0 Å². The Balaban J connectivity index is 1.82. The monoisotopic (exact) mass is 385 g/mol. The van der Waals surface area contributed by atoms with Crippen LogP contribution >= 0.6 is 11.8 Å². The summed E-state index contributed by atoms with van der Waals surface area (Å²) in [5.41, 5.74) is -0.397. The lowest BCUT2D eigenvalue weighted by Crippen LogP contribution is -2.50. The number of hydrogen-bond donors (Lipinski definition) is 0. The van der Waals surface area contributed by atoms with Crippen molar-refractivity contribution in [2.24, 2.45) is 5.92 Å². The lowest BCUT2D eigenvalue weighted by atomic mass is 9.91. The molecule has 2 fully saturated rings. The largest absolute Gasteiger partial charge is 0.441 e. The molecule has 0 aromatic heterocycles. The van der Waals surface area contributed by atoms with E-state index in [9.17, 15) is 9.59 Å². The maximum Gasteiger partial charge on any atom is 0.410 e. The quantitative estimate of drug-likeness (QED) is 0.643. The number of hydrogen-bond acceptors (Lipinski definition) is 5. The number of ether oxygens (including phenoxy) is 1. The highest BCUT2D eigenvalue weighted by atomic mass is 32.2. The number of carbonyl (C=O) groups is 2. The normalized spacial score (nSPS) is 21.0. The maximum atomic E-state index is 12.5. The Labute approximate surface area is 162 Å². The van der Waals surface area contributed by atoms with Gasteiger partial charge in [0.2, 0.25) is 5.91 Å². The van der Waals surface area contributed by atoms with Crippen molar-refractivity contribution in [1.29, 1.82) is 0 Å². The van der Waals surface area contributed by atoms with E-state index in [-0.39, 0.29) is 17.3 Å². The molecule has 7 heteroatoms. The molecular formula is C19H35N3O3S. The topological polar surface area (TPSA) is 53.1 Å². The first-order valence-corrected chi connectivity index (χ1v) is 10.9. The second kappa shape index (κ2) is 9.31. The second-order valence-corrected chi connectivity index (χ2v) is 9.67. The number of likely N-dealkylation sites (N-methyl/N-ethyl adjacent to an activating group) is 1. The number of thioether (sulfide) groups is 1. The smallest absolute Gasteiger partial charge is 0.410 e. The Hall–Kier alpha value is -0.950. The third kappa shape index (κ3) is 5.52. The minimum absolute atomic E-state index is 0.00757. The fourth-order valence-electron chi connectivity index (χ4n) is 3.84. The third-order valence-electron chi connectivity index (χ3n) is 5.22. The van der Waals surface area contributed by atoms with Gasteiger partial charge in [-0.1, -0.05) is 20.8 Å². The van der Waals surface area contributed by atoms with Gasteiger partial charge in [-0.3, -0.25) is 4.79 Å². The van der Waals surface area contributed by atoms with Crippen LogP contribution in [0.25, 0.3) is 0 Å². The molecule has 2 saturated heterocycles. The molecule has 2 heterocycles. The predicted octanol–water partition coefficient (Wildman–Crippen LogP) is 2.53. The first-order valence-electron chi connectivity index (χ1n) is 9.83. The molecule has 0 aliphatic carbocycles. The summed E-state index contributed by atoms with van der Waals surface area (Å²) in [5, 5.41) is 0.00757. The van der Waals surface area contributed by atoms with Gasteiger partial charge in [0.1, 0.15) is 5.60 Å². The molecule has 0 aromatic carbocycles. The Kier molecular flexibility index (Phi) is 7.64. The summed E-state index contributed by atoms with van der Waals surface area (Å²) < 4.78 is 5.78. The van der Waals surface area contributed by atoms with Crippen LogP contribution in [0.2, 0.25) is 0 Å². The van der Waals surface area contributed by atoms with Gasteiger partial charge in [0, 0.05) is 45.6 Å². The van der Waals surface area contributed by atoms with E-state index in [2.05, 4.69) is 32.7 Å². The van der Waals surface area contributed by atoms with E-state index in [1.807, 2.05) is 16.7 Å². The molecule has 0 unspecified atom stereocenters. The van der Waals surface area contributed by atoms with Crippen molar-refractivity contribution in [1.82, 2.24) is 14.7 Å². The predicted molar refractivity (Wildman–Crippen MR) is 107 cm³/mol. The molecule has 6 nitrogen and oxygen atoms in total. The molecule has 0 radical (unpaired) electrons. The van der Waals surface area contributed by atoms with E-state index in [0.29, 0.717) is 32.1 Å². The summed E-state index contributed by atoms with van der Waals surface area (Å²) >= 11 is 1.68. The highest BCUT2D eigenvalue weighted by molar-refractivity contribution is 8.00. The summed E-state index contributed by atoms with van der Waals surface area (Å²) in [5.74, 6) is 1.78. The summed E-state index contributed by atoms with van der Waals surface area (Å²) in [6, 6.07) is 0. The molecule has 0 bridgehead atoms. The van der Waals surface area contributed by atoms with Gasteiger partial charge in [-0.15, -0.1) is 11.8 Å². The number of likely N-dealkylation sites (tertiary alicyclic amines) is 1. The van der Waals surface area contributed by atoms with Crippen molar-refractivity contribution < 1.29 is 14.3 Å². The SMILES string of the molecule is CCS[C@@H](C)C(=O)N1CCC2(CC1)CN(CCN(C)CC(C)C)C(=O)O2. The molecule has 2 aliphatic rings. The standard InChI is InChI=1S/C19H35N3O3S/c1-6-26-16(4)17(23)21-9-7-19(8-10-21)14-22(18(24)25-19)12-11-20(5)13-15(2)3/h15-16H,6-14H2,1-5H3/t16-/m0/s1. The Morgan fingerprint density at radius 2 is 1.96 bits per heavy atom. The number of piperidine rings is 1. The molecule has 2 amide bonds. The minimum Gasteiger partial charge on any atom is -0.441 e. The van der Waals surface area contributed by atoms with Crippen LogP contribution in [0, 0.1) is 5.92 Å². The van der Waals surface area contributed by atoms with Gasteiger partial charge in [-0.05, 0) is 25.6 Å². The van der Waals surface area contributed by atoms with Crippen molar-refractivity contribution in [2.75, 3.05) is 52.1 Å². The number of carbonyl (C=O) groups excluding carboxylic acids is 2. The zero-order valence-electron chi connectivity index (χ0n) is 17.0. The molecule has 0 saturated carbocycles. The lowest BCUT2D eigenvalue weighted by molar-refractivity contribution is -0.133. The van der Waals surface area contributed by atoms with Crippen molar-refractivity contribution >= 4 is 23.8 Å². The Bertz CT molecular complexity index is 492. The van der Waals surface area contributed by atoms with Crippen LogP contribution in [-0.2, 0) is 9.53 Å². The van der Waals surface area contributed by atoms with Crippen LogP contribution in [0.15, 0.2) is 0 Å². The molecule has 0 N–H and O–H groups in total. The van der Waals surface area contributed by atoms with E-state index < -0.39 is 5.60 Å². The fraction of sp³-hybridized carbons (Fsp3) is 0.895.